The molecule has 0 aromatic carbocycles. The number of hydrogen-bond donors (Lipinski definition) is 0. The number of unbranched alkanes of at least 4 members (excludes halogenated alkanes) is 3. The van der Waals surface area contributed by atoms with E-state index in [1.807, 2.05) is 17.9 Å². The molecule has 0 aliphatic rings. The van der Waals surface area contributed by atoms with E-state index in [2.05, 4.69) is 33.4 Å². The normalized spacial score (nSPS) is 12.4. The molecule has 1 amide bonds. The number of nitrogens with zero attached hydrogens (tertiary/aromatic N) is 1. The van der Waals surface area contributed by atoms with Gasteiger partial charge in [-0.3, -0.25) is 4.79 Å². The molecule has 0 unspecified atom stereocenters. The van der Waals surface area contributed by atoms with Gasteiger partial charge in [-0.15, -0.1) is 0 Å². The zero-order chi connectivity index (χ0) is 16.1. The van der Waals surface area contributed by atoms with Gasteiger partial charge in [0.2, 0.25) is 5.91 Å². The Bertz CT molecular complexity index is 366. The van der Waals surface area contributed by atoms with Gasteiger partial charge in [0.15, 0.2) is 0 Å². The third-order valence-corrected chi connectivity index (χ3v) is 3.56. The van der Waals surface area contributed by atoms with Crippen molar-refractivity contribution in [1.29, 1.82) is 0 Å². The Morgan fingerprint density at radius 1 is 1.05 bits per heavy atom. The summed E-state index contributed by atoms with van der Waals surface area (Å²) >= 11 is 0. The lowest BCUT2D eigenvalue weighted by molar-refractivity contribution is -0.126. The Kier molecular flexibility index (Phi) is 11.7. The van der Waals surface area contributed by atoms with Crippen LogP contribution in [0.25, 0.3) is 0 Å². The second kappa shape index (κ2) is 12.4. The van der Waals surface area contributed by atoms with E-state index in [0.29, 0.717) is 0 Å². The first-order valence-electron chi connectivity index (χ1n) is 8.39. The zero-order valence-electron chi connectivity index (χ0n) is 14.5. The number of carbonyl (C=O) groups excluding carboxylic acids is 1. The Morgan fingerprint density at radius 3 is 2.29 bits per heavy atom. The lowest BCUT2D eigenvalue weighted by atomic mass is 10.1. The van der Waals surface area contributed by atoms with Crippen LogP contribution < -0.4 is 0 Å². The van der Waals surface area contributed by atoms with Gasteiger partial charge in [-0.2, -0.15) is 0 Å². The highest BCUT2D eigenvalue weighted by Gasteiger charge is 2.09. The quantitative estimate of drug-likeness (QED) is 0.288. The molecule has 0 rings (SSSR count). The predicted molar refractivity (Wildman–Crippen MR) is 93.3 cm³/mol. The second-order valence-corrected chi connectivity index (χ2v) is 5.54. The van der Waals surface area contributed by atoms with Crippen LogP contribution in [0.1, 0.15) is 66.2 Å². The van der Waals surface area contributed by atoms with Gasteiger partial charge in [0.05, 0.1) is 0 Å². The lowest BCUT2D eigenvalue weighted by Gasteiger charge is -2.19. The van der Waals surface area contributed by atoms with Gasteiger partial charge in [0.1, 0.15) is 0 Å². The molecule has 0 saturated heterocycles. The van der Waals surface area contributed by atoms with Crippen molar-refractivity contribution in [3.05, 3.63) is 36.0 Å². The maximum absolute atomic E-state index is 12.4. The average molecular weight is 291 g/mol. The largest absolute Gasteiger partial charge is 0.339 e. The van der Waals surface area contributed by atoms with Crippen molar-refractivity contribution in [2.24, 2.45) is 0 Å². The average Bonchev–Trinajstić information content (AvgIpc) is 2.47. The van der Waals surface area contributed by atoms with E-state index >= 15 is 0 Å². The minimum absolute atomic E-state index is 0.144. The molecular formula is C19H33NO. The molecule has 0 aliphatic heterocycles. The van der Waals surface area contributed by atoms with Crippen molar-refractivity contribution in [3.63, 3.8) is 0 Å². The fourth-order valence-corrected chi connectivity index (χ4v) is 2.23. The van der Waals surface area contributed by atoms with Gasteiger partial charge in [0.25, 0.3) is 0 Å². The van der Waals surface area contributed by atoms with Crippen LogP contribution in [0.3, 0.4) is 0 Å². The van der Waals surface area contributed by atoms with Crippen molar-refractivity contribution in [1.82, 2.24) is 4.90 Å². The Morgan fingerprint density at radius 2 is 1.76 bits per heavy atom. The molecule has 0 fully saturated rings. The third-order valence-electron chi connectivity index (χ3n) is 3.56. The Labute approximate surface area is 131 Å². The van der Waals surface area contributed by atoms with Crippen LogP contribution in [0.5, 0.6) is 0 Å². The van der Waals surface area contributed by atoms with Crippen LogP contribution in [-0.4, -0.2) is 23.9 Å². The molecule has 120 valence electrons. The summed E-state index contributed by atoms with van der Waals surface area (Å²) in [7, 11) is 0. The van der Waals surface area contributed by atoms with Crippen molar-refractivity contribution in [2.75, 3.05) is 13.1 Å². The summed E-state index contributed by atoms with van der Waals surface area (Å²) in [6.07, 6.45) is 12.5. The fourth-order valence-electron chi connectivity index (χ4n) is 2.23. The number of carbonyl (C=O) groups is 1. The van der Waals surface area contributed by atoms with Crippen LogP contribution in [-0.2, 0) is 4.79 Å². The highest BCUT2D eigenvalue weighted by Crippen LogP contribution is 2.12. The number of allylic oxidation sites excluding steroid dienone is 4. The minimum Gasteiger partial charge on any atom is -0.339 e. The standard InChI is InChI=1S/C19H33NO/c1-6-10-11-12-14-20(9-4)19(21)16-18(13-7-2)15-17(5)8-3/h8,15-16H,3,6-7,9-14H2,1-2,4-5H3/b17-15-,18-16+. The molecular weight excluding hydrogens is 258 g/mol. The smallest absolute Gasteiger partial charge is 0.246 e. The van der Waals surface area contributed by atoms with Crippen molar-refractivity contribution in [2.45, 2.75) is 66.2 Å². The van der Waals surface area contributed by atoms with Crippen molar-refractivity contribution < 1.29 is 4.79 Å². The first-order chi connectivity index (χ1) is 10.1. The molecule has 0 aromatic rings. The lowest BCUT2D eigenvalue weighted by Crippen LogP contribution is -2.30. The van der Waals surface area contributed by atoms with Crippen LogP contribution in [0.2, 0.25) is 0 Å². The molecule has 2 nitrogen and oxygen atoms in total. The summed E-state index contributed by atoms with van der Waals surface area (Å²) in [5, 5.41) is 0. The zero-order valence-corrected chi connectivity index (χ0v) is 14.5. The Balaban J connectivity index is 4.72. The van der Waals surface area contributed by atoms with Crippen LogP contribution >= 0.6 is 0 Å². The number of rotatable bonds is 11. The highest BCUT2D eigenvalue weighted by molar-refractivity contribution is 5.88. The van der Waals surface area contributed by atoms with Gasteiger partial charge < -0.3 is 4.90 Å². The Hall–Kier alpha value is -1.31. The molecule has 0 aliphatic carbocycles. The van der Waals surface area contributed by atoms with Gasteiger partial charge in [-0.1, -0.05) is 63.8 Å². The minimum atomic E-state index is 0.144. The van der Waals surface area contributed by atoms with Crippen LogP contribution in [0.15, 0.2) is 36.0 Å². The molecule has 0 saturated carbocycles. The van der Waals surface area contributed by atoms with E-state index < -0.39 is 0 Å². The summed E-state index contributed by atoms with van der Waals surface area (Å²) in [6, 6.07) is 0. The molecule has 21 heavy (non-hydrogen) atoms. The maximum Gasteiger partial charge on any atom is 0.246 e. The van der Waals surface area contributed by atoms with Crippen LogP contribution in [0, 0.1) is 0 Å². The van der Waals surface area contributed by atoms with Gasteiger partial charge in [-0.25, -0.2) is 0 Å². The molecule has 0 bridgehead atoms. The number of amides is 1. The summed E-state index contributed by atoms with van der Waals surface area (Å²) < 4.78 is 0. The van der Waals surface area contributed by atoms with E-state index in [1.165, 1.54) is 19.3 Å². The first-order valence-corrected chi connectivity index (χ1v) is 8.39. The topological polar surface area (TPSA) is 20.3 Å². The second-order valence-electron chi connectivity index (χ2n) is 5.54. The third kappa shape index (κ3) is 9.28. The van der Waals surface area contributed by atoms with E-state index in [4.69, 9.17) is 0 Å². The van der Waals surface area contributed by atoms with E-state index in [9.17, 15) is 4.79 Å². The van der Waals surface area contributed by atoms with E-state index in [0.717, 1.165) is 43.5 Å². The van der Waals surface area contributed by atoms with Gasteiger partial charge in [-0.05, 0) is 32.3 Å². The summed E-state index contributed by atoms with van der Waals surface area (Å²) in [4.78, 5) is 14.3. The predicted octanol–water partition coefficient (Wildman–Crippen LogP) is 5.27. The monoisotopic (exact) mass is 291 g/mol. The van der Waals surface area contributed by atoms with E-state index in [-0.39, 0.29) is 5.91 Å². The summed E-state index contributed by atoms with van der Waals surface area (Å²) in [5.74, 6) is 0.144. The van der Waals surface area contributed by atoms with Gasteiger partial charge in [0, 0.05) is 19.2 Å². The highest BCUT2D eigenvalue weighted by atomic mass is 16.2. The summed E-state index contributed by atoms with van der Waals surface area (Å²) in [6.45, 7) is 13.8. The maximum atomic E-state index is 12.4. The molecule has 0 heterocycles. The molecule has 0 aromatic heterocycles. The van der Waals surface area contributed by atoms with Gasteiger partial charge >= 0.3 is 0 Å². The van der Waals surface area contributed by atoms with E-state index in [1.54, 1.807) is 6.08 Å². The molecule has 2 heteroatoms. The number of likely N-dealkylation sites (N-methyl/N-ethyl adjacent to an activating group) is 1. The molecule has 0 spiro atoms. The molecule has 0 radical (unpaired) electrons. The first kappa shape index (κ1) is 19.7. The fraction of sp³-hybridized carbons (Fsp3) is 0.632. The molecule has 0 N–H and O–H groups in total. The SMILES string of the molecule is C=C/C(C)=C\C(=C\C(=O)N(CC)CCCCCC)CCC. The van der Waals surface area contributed by atoms with Crippen LogP contribution in [0.4, 0.5) is 0 Å². The molecule has 0 atom stereocenters. The van der Waals surface area contributed by atoms with Crippen molar-refractivity contribution in [3.8, 4) is 0 Å². The van der Waals surface area contributed by atoms with Crippen molar-refractivity contribution >= 4 is 5.91 Å². The summed E-state index contributed by atoms with van der Waals surface area (Å²) in [5.41, 5.74) is 2.21. The number of hydrogen-bond acceptors (Lipinski definition) is 1.